The summed E-state index contributed by atoms with van der Waals surface area (Å²) >= 11 is 0. The minimum atomic E-state index is -3.69. The first kappa shape index (κ1) is 19.2. The first-order valence-corrected chi connectivity index (χ1v) is 10.8. The summed E-state index contributed by atoms with van der Waals surface area (Å²) in [6.45, 7) is 0. The average molecular weight is 376 g/mol. The van der Waals surface area contributed by atoms with Crippen molar-refractivity contribution in [3.8, 4) is 0 Å². The summed E-state index contributed by atoms with van der Waals surface area (Å²) in [6.07, 6.45) is 1.10. The number of benzene rings is 3. The van der Waals surface area contributed by atoms with Crippen molar-refractivity contribution in [2.75, 3.05) is 6.26 Å². The third kappa shape index (κ3) is 4.11. The highest BCUT2D eigenvalue weighted by Crippen LogP contribution is 2.69. The van der Waals surface area contributed by atoms with Crippen LogP contribution in [0.3, 0.4) is 0 Å². The molecule has 3 rings (SSSR count). The van der Waals surface area contributed by atoms with Gasteiger partial charge in [-0.2, -0.15) is 8.42 Å². The molecule has 0 aliphatic carbocycles. The van der Waals surface area contributed by atoms with Crippen LogP contribution in [0.2, 0.25) is 0 Å². The van der Waals surface area contributed by atoms with Crippen LogP contribution in [-0.2, 0) is 13.7 Å². The van der Waals surface area contributed by atoms with E-state index in [0.717, 1.165) is 20.9 Å². The lowest BCUT2D eigenvalue weighted by Gasteiger charge is -2.38. The molecular formula is C19H20O4S2. The van der Waals surface area contributed by atoms with Crippen molar-refractivity contribution in [3.05, 3.63) is 91.0 Å². The lowest BCUT2D eigenvalue weighted by atomic mass is 10.4. The molecular weight excluding hydrogens is 356 g/mol. The normalized spacial score (nSPS) is 12.2. The summed E-state index contributed by atoms with van der Waals surface area (Å²) < 4.78 is 30.2. The predicted octanol–water partition coefficient (Wildman–Crippen LogP) is 4.03. The quantitative estimate of drug-likeness (QED) is 0.674. The van der Waals surface area contributed by atoms with Gasteiger partial charge in [-0.15, -0.1) is 0 Å². The second kappa shape index (κ2) is 7.84. The van der Waals surface area contributed by atoms with Gasteiger partial charge in [0.25, 0.3) is 10.1 Å². The van der Waals surface area contributed by atoms with Gasteiger partial charge in [-0.1, -0.05) is 54.6 Å². The molecule has 0 aliphatic rings. The van der Waals surface area contributed by atoms with Gasteiger partial charge < -0.3 is 5.48 Å². The van der Waals surface area contributed by atoms with Crippen LogP contribution in [-0.4, -0.2) is 20.1 Å². The Labute approximate surface area is 150 Å². The monoisotopic (exact) mass is 376 g/mol. The van der Waals surface area contributed by atoms with E-state index in [1.165, 1.54) is 0 Å². The molecule has 0 spiro atoms. The third-order valence-corrected chi connectivity index (χ3v) is 8.06. The summed E-state index contributed by atoms with van der Waals surface area (Å²) in [4.78, 5) is 2.52. The Morgan fingerprint density at radius 1 is 0.600 bits per heavy atom. The maximum absolute atomic E-state index is 12.2. The lowest BCUT2D eigenvalue weighted by Crippen LogP contribution is -2.12. The fraction of sp³-hybridized carbons (Fsp3) is 0.0526. The highest BCUT2D eigenvalue weighted by molar-refractivity contribution is 8.33. The molecule has 25 heavy (non-hydrogen) atoms. The molecule has 0 saturated carbocycles. The van der Waals surface area contributed by atoms with Gasteiger partial charge in [0, 0.05) is 14.7 Å². The summed E-state index contributed by atoms with van der Waals surface area (Å²) in [5.74, 6) is 0. The van der Waals surface area contributed by atoms with Gasteiger partial charge in [0.15, 0.2) is 0 Å². The van der Waals surface area contributed by atoms with E-state index in [4.69, 9.17) is 3.63 Å². The van der Waals surface area contributed by atoms with Gasteiger partial charge >= 0.3 is 0 Å². The van der Waals surface area contributed by atoms with E-state index >= 15 is 0 Å². The standard InChI is InChI=1S/C19H18O3S2.H2O/c1-23(20,21)22-24(17-11-5-2-6-12-17,18-13-7-3-8-14-18)19-15-9-4-10-16-19;/h2-16H,1H3;1H2. The van der Waals surface area contributed by atoms with E-state index in [0.29, 0.717) is 0 Å². The SMILES string of the molecule is CS(=O)(=O)OS(c1ccccc1)(c1ccccc1)c1ccccc1.O. The molecule has 3 aromatic carbocycles. The Hall–Kier alpha value is -2.12. The molecule has 0 fully saturated rings. The molecule has 0 saturated heterocycles. The van der Waals surface area contributed by atoms with Crippen LogP contribution < -0.4 is 0 Å². The van der Waals surface area contributed by atoms with Crippen molar-refractivity contribution in [2.45, 2.75) is 14.7 Å². The Morgan fingerprint density at radius 3 is 1.12 bits per heavy atom. The molecule has 0 heterocycles. The molecule has 4 nitrogen and oxygen atoms in total. The zero-order chi connectivity index (χ0) is 17.0. The Kier molecular flexibility index (Phi) is 6.02. The zero-order valence-corrected chi connectivity index (χ0v) is 15.3. The molecule has 0 bridgehead atoms. The van der Waals surface area contributed by atoms with Crippen LogP contribution in [0.1, 0.15) is 0 Å². The van der Waals surface area contributed by atoms with Crippen molar-refractivity contribution < 1.29 is 17.5 Å². The number of hydrogen-bond donors (Lipinski definition) is 0. The van der Waals surface area contributed by atoms with Crippen LogP contribution >= 0.6 is 10.3 Å². The van der Waals surface area contributed by atoms with E-state index in [1.54, 1.807) is 0 Å². The van der Waals surface area contributed by atoms with Gasteiger partial charge in [0.1, 0.15) is 0 Å². The van der Waals surface area contributed by atoms with E-state index in [2.05, 4.69) is 0 Å². The topological polar surface area (TPSA) is 74.9 Å². The van der Waals surface area contributed by atoms with E-state index in [-0.39, 0.29) is 5.48 Å². The summed E-state index contributed by atoms with van der Waals surface area (Å²) in [7, 11) is -6.07. The summed E-state index contributed by atoms with van der Waals surface area (Å²) in [5, 5.41) is 0. The molecule has 0 radical (unpaired) electrons. The molecule has 0 aliphatic heterocycles. The van der Waals surface area contributed by atoms with Gasteiger partial charge in [-0.25, -0.2) is 3.63 Å². The van der Waals surface area contributed by atoms with Crippen molar-refractivity contribution in [3.63, 3.8) is 0 Å². The van der Waals surface area contributed by atoms with Crippen LogP contribution in [0.5, 0.6) is 0 Å². The maximum atomic E-state index is 12.2. The van der Waals surface area contributed by atoms with E-state index in [9.17, 15) is 8.42 Å². The maximum Gasteiger partial charge on any atom is 0.274 e. The lowest BCUT2D eigenvalue weighted by molar-refractivity contribution is 0.515. The molecule has 6 heteroatoms. The molecule has 2 N–H and O–H groups in total. The highest BCUT2D eigenvalue weighted by atomic mass is 32.3. The van der Waals surface area contributed by atoms with Gasteiger partial charge in [0.2, 0.25) is 0 Å². The number of hydrogen-bond acceptors (Lipinski definition) is 3. The average Bonchev–Trinajstić information content (AvgIpc) is 2.61. The predicted molar refractivity (Wildman–Crippen MR) is 101 cm³/mol. The Bertz CT molecular complexity index is 799. The van der Waals surface area contributed by atoms with Gasteiger partial charge in [-0.05, 0) is 46.7 Å². The van der Waals surface area contributed by atoms with Crippen LogP contribution in [0, 0.1) is 0 Å². The fourth-order valence-corrected chi connectivity index (χ4v) is 7.41. The Balaban J connectivity index is 0.00000225. The molecule has 132 valence electrons. The Morgan fingerprint density at radius 2 is 0.880 bits per heavy atom. The zero-order valence-electron chi connectivity index (χ0n) is 13.7. The first-order valence-electron chi connectivity index (χ1n) is 7.42. The molecule has 0 atom stereocenters. The fourth-order valence-electron chi connectivity index (χ4n) is 2.55. The highest BCUT2D eigenvalue weighted by Gasteiger charge is 2.35. The van der Waals surface area contributed by atoms with Crippen LogP contribution in [0.25, 0.3) is 0 Å². The second-order valence-corrected chi connectivity index (χ2v) is 9.75. The van der Waals surface area contributed by atoms with Gasteiger partial charge in [0.05, 0.1) is 6.26 Å². The van der Waals surface area contributed by atoms with E-state index in [1.807, 2.05) is 91.0 Å². The van der Waals surface area contributed by atoms with Crippen molar-refractivity contribution in [1.82, 2.24) is 0 Å². The third-order valence-electron chi connectivity index (χ3n) is 3.45. The first-order chi connectivity index (χ1) is 11.5. The molecule has 3 aromatic rings. The number of rotatable bonds is 5. The van der Waals surface area contributed by atoms with Gasteiger partial charge in [-0.3, -0.25) is 0 Å². The minimum absolute atomic E-state index is 0. The smallest absolute Gasteiger partial charge is 0.274 e. The minimum Gasteiger partial charge on any atom is -0.412 e. The molecule has 0 amide bonds. The summed E-state index contributed by atoms with van der Waals surface area (Å²) in [5.41, 5.74) is 0. The van der Waals surface area contributed by atoms with Crippen molar-refractivity contribution in [2.24, 2.45) is 0 Å². The summed E-state index contributed by atoms with van der Waals surface area (Å²) in [6, 6.07) is 28.6. The van der Waals surface area contributed by atoms with Crippen LogP contribution in [0.4, 0.5) is 0 Å². The van der Waals surface area contributed by atoms with E-state index < -0.39 is 20.4 Å². The van der Waals surface area contributed by atoms with Crippen molar-refractivity contribution >= 4 is 20.4 Å². The van der Waals surface area contributed by atoms with Crippen molar-refractivity contribution in [1.29, 1.82) is 0 Å². The molecule has 0 aromatic heterocycles. The second-order valence-electron chi connectivity index (χ2n) is 5.27. The molecule has 0 unspecified atom stereocenters. The largest absolute Gasteiger partial charge is 0.412 e. The van der Waals surface area contributed by atoms with Crippen LogP contribution in [0.15, 0.2) is 106 Å².